The Hall–Kier alpha value is -4.27. The lowest BCUT2D eigenvalue weighted by atomic mass is 10.2. The lowest BCUT2D eigenvalue weighted by molar-refractivity contribution is 0.0657. The van der Waals surface area contributed by atoms with Gasteiger partial charge in [-0.3, -0.25) is 4.79 Å². The van der Waals surface area contributed by atoms with Crippen molar-refractivity contribution < 1.29 is 33.3 Å². The molecule has 1 aromatic heterocycles. The fourth-order valence-corrected chi connectivity index (χ4v) is 2.77. The van der Waals surface area contributed by atoms with Gasteiger partial charge in [-0.25, -0.2) is 10.2 Å². The molecular weight excluding hydrogens is 416 g/mol. The number of ether oxygens (including phenoxy) is 3. The lowest BCUT2D eigenvalue weighted by Gasteiger charge is -2.11. The van der Waals surface area contributed by atoms with Crippen LogP contribution in [0, 0.1) is 0 Å². The molecular formula is C23H22N2O7. The molecule has 0 radical (unpaired) electrons. The van der Waals surface area contributed by atoms with Crippen molar-refractivity contribution in [2.75, 3.05) is 13.7 Å². The Morgan fingerprint density at radius 2 is 1.88 bits per heavy atom. The van der Waals surface area contributed by atoms with Crippen molar-refractivity contribution in [3.8, 4) is 17.2 Å². The van der Waals surface area contributed by atoms with Gasteiger partial charge >= 0.3 is 5.97 Å². The summed E-state index contributed by atoms with van der Waals surface area (Å²) in [6, 6.07) is 14.9. The number of amides is 1. The van der Waals surface area contributed by atoms with Gasteiger partial charge in [0.05, 0.1) is 25.5 Å². The van der Waals surface area contributed by atoms with Gasteiger partial charge in [0, 0.05) is 0 Å². The van der Waals surface area contributed by atoms with Crippen LogP contribution in [0.15, 0.2) is 64.1 Å². The number of hydrogen-bond donors (Lipinski definition) is 2. The van der Waals surface area contributed by atoms with Crippen molar-refractivity contribution in [2.45, 2.75) is 13.5 Å². The number of carbonyl (C=O) groups is 2. The molecule has 0 spiro atoms. The minimum Gasteiger partial charge on any atom is -0.496 e. The van der Waals surface area contributed by atoms with Crippen LogP contribution in [-0.4, -0.2) is 36.9 Å². The van der Waals surface area contributed by atoms with Crippen LogP contribution in [0.25, 0.3) is 0 Å². The van der Waals surface area contributed by atoms with Gasteiger partial charge in [-0.2, -0.15) is 5.10 Å². The number of benzene rings is 2. The summed E-state index contributed by atoms with van der Waals surface area (Å²) in [5, 5.41) is 12.9. The van der Waals surface area contributed by atoms with Crippen LogP contribution in [0.3, 0.4) is 0 Å². The van der Waals surface area contributed by atoms with E-state index in [4.69, 9.17) is 23.7 Å². The molecule has 0 saturated heterocycles. The van der Waals surface area contributed by atoms with E-state index in [0.29, 0.717) is 40.7 Å². The van der Waals surface area contributed by atoms with Crippen molar-refractivity contribution in [3.05, 3.63) is 77.2 Å². The van der Waals surface area contributed by atoms with Gasteiger partial charge in [0.15, 0.2) is 11.5 Å². The summed E-state index contributed by atoms with van der Waals surface area (Å²) in [5.74, 6) is 0.0423. The van der Waals surface area contributed by atoms with E-state index in [9.17, 15) is 9.59 Å². The van der Waals surface area contributed by atoms with E-state index in [-0.39, 0.29) is 12.4 Å². The molecule has 2 aromatic carbocycles. The molecule has 3 rings (SSSR count). The fourth-order valence-electron chi connectivity index (χ4n) is 2.77. The monoisotopic (exact) mass is 438 g/mol. The van der Waals surface area contributed by atoms with E-state index >= 15 is 0 Å². The van der Waals surface area contributed by atoms with E-state index in [1.165, 1.54) is 25.5 Å². The number of para-hydroxylation sites is 1. The molecule has 3 aromatic rings. The van der Waals surface area contributed by atoms with E-state index in [1.807, 2.05) is 6.92 Å². The topological polar surface area (TPSA) is 120 Å². The maximum absolute atomic E-state index is 12.3. The Kier molecular flexibility index (Phi) is 7.47. The Labute approximate surface area is 184 Å². The molecule has 9 nitrogen and oxygen atoms in total. The standard InChI is InChI=1S/C23H22N2O7/c1-3-30-21-12-15(13-24-25-22(26)17-6-4-5-7-18(17)29-2)8-10-19(21)31-14-16-9-11-20(32-16)23(27)28/h4-13H,3,14H2,1-2H3,(H,25,26)(H,27,28). The molecule has 0 fully saturated rings. The first-order chi connectivity index (χ1) is 15.5. The highest BCUT2D eigenvalue weighted by Crippen LogP contribution is 2.29. The first-order valence-corrected chi connectivity index (χ1v) is 9.70. The second-order valence-corrected chi connectivity index (χ2v) is 6.40. The summed E-state index contributed by atoms with van der Waals surface area (Å²) >= 11 is 0. The van der Waals surface area contributed by atoms with E-state index in [1.54, 1.807) is 42.5 Å². The third-order valence-corrected chi connectivity index (χ3v) is 4.24. The molecule has 9 heteroatoms. The second kappa shape index (κ2) is 10.7. The smallest absolute Gasteiger partial charge is 0.371 e. The van der Waals surface area contributed by atoms with Crippen LogP contribution in [0.2, 0.25) is 0 Å². The van der Waals surface area contributed by atoms with E-state index in [0.717, 1.165) is 0 Å². The molecule has 1 heterocycles. The van der Waals surface area contributed by atoms with Crippen LogP contribution in [0.4, 0.5) is 0 Å². The average molecular weight is 438 g/mol. The minimum absolute atomic E-state index is 0.0375. The Morgan fingerprint density at radius 3 is 2.59 bits per heavy atom. The molecule has 166 valence electrons. The quantitative estimate of drug-likeness (QED) is 0.366. The molecule has 0 aliphatic carbocycles. The highest BCUT2D eigenvalue weighted by molar-refractivity contribution is 5.97. The molecule has 0 atom stereocenters. The van der Waals surface area contributed by atoms with E-state index < -0.39 is 11.9 Å². The van der Waals surface area contributed by atoms with Crippen molar-refractivity contribution in [3.63, 3.8) is 0 Å². The van der Waals surface area contributed by atoms with Crippen molar-refractivity contribution >= 4 is 18.1 Å². The predicted molar refractivity (Wildman–Crippen MR) is 116 cm³/mol. The molecule has 0 aliphatic rings. The van der Waals surface area contributed by atoms with Gasteiger partial charge in [0.1, 0.15) is 18.1 Å². The first-order valence-electron chi connectivity index (χ1n) is 9.70. The van der Waals surface area contributed by atoms with Gasteiger partial charge in [-0.15, -0.1) is 0 Å². The number of carboxylic acid groups (broad SMARTS) is 1. The van der Waals surface area contributed by atoms with Crippen molar-refractivity contribution in [1.82, 2.24) is 5.43 Å². The number of hydrogen-bond acceptors (Lipinski definition) is 7. The second-order valence-electron chi connectivity index (χ2n) is 6.40. The zero-order valence-corrected chi connectivity index (χ0v) is 17.5. The maximum atomic E-state index is 12.3. The third-order valence-electron chi connectivity index (χ3n) is 4.24. The lowest BCUT2D eigenvalue weighted by Crippen LogP contribution is -2.18. The molecule has 0 bridgehead atoms. The van der Waals surface area contributed by atoms with Crippen molar-refractivity contribution in [2.24, 2.45) is 5.10 Å². The van der Waals surface area contributed by atoms with E-state index in [2.05, 4.69) is 10.5 Å². The number of hydrazone groups is 1. The third kappa shape index (κ3) is 5.66. The number of nitrogens with zero attached hydrogens (tertiary/aromatic N) is 1. The number of aromatic carboxylic acids is 1. The maximum Gasteiger partial charge on any atom is 0.371 e. The largest absolute Gasteiger partial charge is 0.496 e. The zero-order valence-electron chi connectivity index (χ0n) is 17.5. The van der Waals surface area contributed by atoms with Gasteiger partial charge in [0.2, 0.25) is 5.76 Å². The first kappa shape index (κ1) is 22.4. The van der Waals surface area contributed by atoms with Crippen LogP contribution in [0.1, 0.15) is 39.2 Å². The Balaban J connectivity index is 1.66. The predicted octanol–water partition coefficient (Wildman–Crippen LogP) is 3.73. The minimum atomic E-state index is -1.15. The molecule has 2 N–H and O–H groups in total. The number of furan rings is 1. The summed E-state index contributed by atoms with van der Waals surface area (Å²) in [4.78, 5) is 23.2. The molecule has 0 aliphatic heterocycles. The Bertz CT molecular complexity index is 1120. The highest BCUT2D eigenvalue weighted by Gasteiger charge is 2.12. The van der Waals surface area contributed by atoms with Gasteiger partial charge in [-0.05, 0) is 55.0 Å². The van der Waals surface area contributed by atoms with Gasteiger partial charge in [0.25, 0.3) is 5.91 Å². The number of carboxylic acids is 1. The number of rotatable bonds is 10. The summed E-state index contributed by atoms with van der Waals surface area (Å²) in [6.45, 7) is 2.28. The number of carbonyl (C=O) groups excluding carboxylic acids is 1. The number of nitrogens with one attached hydrogen (secondary N) is 1. The summed E-state index contributed by atoms with van der Waals surface area (Å²) < 4.78 is 21.7. The summed E-state index contributed by atoms with van der Waals surface area (Å²) in [7, 11) is 1.49. The van der Waals surface area contributed by atoms with Crippen LogP contribution >= 0.6 is 0 Å². The van der Waals surface area contributed by atoms with Crippen LogP contribution in [0.5, 0.6) is 17.2 Å². The average Bonchev–Trinajstić information content (AvgIpc) is 3.28. The molecule has 1 amide bonds. The molecule has 0 saturated carbocycles. The van der Waals surface area contributed by atoms with Gasteiger partial charge in [-0.1, -0.05) is 12.1 Å². The van der Waals surface area contributed by atoms with Gasteiger partial charge < -0.3 is 23.7 Å². The highest BCUT2D eigenvalue weighted by atomic mass is 16.5. The normalized spacial score (nSPS) is 10.7. The summed E-state index contributed by atoms with van der Waals surface area (Å²) in [6.07, 6.45) is 1.48. The molecule has 32 heavy (non-hydrogen) atoms. The number of methoxy groups -OCH3 is 1. The van der Waals surface area contributed by atoms with Crippen molar-refractivity contribution in [1.29, 1.82) is 0 Å². The zero-order chi connectivity index (χ0) is 22.9. The SMILES string of the molecule is CCOc1cc(C=NNC(=O)c2ccccc2OC)ccc1OCc1ccc(C(=O)O)o1. The van der Waals surface area contributed by atoms with Crippen LogP contribution in [-0.2, 0) is 6.61 Å². The Morgan fingerprint density at radius 1 is 1.06 bits per heavy atom. The molecule has 0 unspecified atom stereocenters. The summed E-state index contributed by atoms with van der Waals surface area (Å²) in [5.41, 5.74) is 3.51. The van der Waals surface area contributed by atoms with Crippen LogP contribution < -0.4 is 19.6 Å². The fraction of sp³-hybridized carbons (Fsp3) is 0.174.